The normalized spacial score (nSPS) is 22.3. The number of aryl methyl sites for hydroxylation is 1. The highest BCUT2D eigenvalue weighted by Gasteiger charge is 2.39. The number of ether oxygens (including phenoxy) is 2. The predicted molar refractivity (Wildman–Crippen MR) is 64.7 cm³/mol. The van der Waals surface area contributed by atoms with Crippen LogP contribution in [0.25, 0.3) is 5.57 Å². The second-order valence-corrected chi connectivity index (χ2v) is 5.08. The van der Waals surface area contributed by atoms with E-state index in [-0.39, 0.29) is 0 Å². The van der Waals surface area contributed by atoms with Crippen LogP contribution in [0.5, 0.6) is 0 Å². The molecule has 0 amide bonds. The van der Waals surface area contributed by atoms with Gasteiger partial charge in [0.25, 0.3) is 0 Å². The highest BCUT2D eigenvalue weighted by atomic mass is 19.4. The van der Waals surface area contributed by atoms with Crippen molar-refractivity contribution in [3.8, 4) is 0 Å². The molecule has 2 heterocycles. The summed E-state index contributed by atoms with van der Waals surface area (Å²) in [6, 6.07) is 1.10. The zero-order valence-electron chi connectivity index (χ0n) is 11.0. The summed E-state index contributed by atoms with van der Waals surface area (Å²) in [5, 5.41) is 3.53. The van der Waals surface area contributed by atoms with Crippen molar-refractivity contribution in [1.29, 1.82) is 0 Å². The van der Waals surface area contributed by atoms with Crippen molar-refractivity contribution < 1.29 is 22.6 Å². The summed E-state index contributed by atoms with van der Waals surface area (Å²) in [6.07, 6.45) is -0.673. The number of allylic oxidation sites excluding steroid dienone is 1. The number of hydrogen-bond acceptors (Lipinski definition) is 3. The van der Waals surface area contributed by atoms with Crippen LogP contribution in [0, 0.1) is 0 Å². The molecule has 1 aromatic rings. The minimum absolute atomic E-state index is 0.505. The number of hydrogen-bond donors (Lipinski definition) is 0. The van der Waals surface area contributed by atoms with Gasteiger partial charge in [0.15, 0.2) is 11.5 Å². The maximum absolute atomic E-state index is 12.7. The van der Waals surface area contributed by atoms with E-state index in [9.17, 15) is 13.2 Å². The Balaban J connectivity index is 1.84. The Morgan fingerprint density at radius 1 is 1.30 bits per heavy atom. The Bertz CT molecular complexity index is 542. The van der Waals surface area contributed by atoms with E-state index in [0.29, 0.717) is 38.2 Å². The Kier molecular flexibility index (Phi) is 3.13. The number of alkyl halides is 3. The van der Waals surface area contributed by atoms with Crippen LogP contribution in [0.1, 0.15) is 30.7 Å². The van der Waals surface area contributed by atoms with Crippen LogP contribution in [0.3, 0.4) is 0 Å². The standard InChI is InChI=1S/C13H15F3N2O2/c1-18-10(8-11(17-18)13(14,15)16)9-2-4-12(5-3-9)19-6-7-20-12/h2,8H,3-7H2,1H3. The van der Waals surface area contributed by atoms with Gasteiger partial charge in [0.05, 0.1) is 18.9 Å². The van der Waals surface area contributed by atoms with Gasteiger partial charge in [-0.1, -0.05) is 6.08 Å². The molecule has 4 nitrogen and oxygen atoms in total. The zero-order valence-corrected chi connectivity index (χ0v) is 11.0. The van der Waals surface area contributed by atoms with Gasteiger partial charge in [0, 0.05) is 19.9 Å². The van der Waals surface area contributed by atoms with Crippen LogP contribution in [-0.4, -0.2) is 28.8 Å². The Morgan fingerprint density at radius 2 is 2.00 bits per heavy atom. The van der Waals surface area contributed by atoms with Gasteiger partial charge in [0.2, 0.25) is 0 Å². The fourth-order valence-electron chi connectivity index (χ4n) is 2.71. The lowest BCUT2D eigenvalue weighted by atomic mass is 9.92. The van der Waals surface area contributed by atoms with Crippen molar-refractivity contribution in [2.75, 3.05) is 13.2 Å². The van der Waals surface area contributed by atoms with E-state index >= 15 is 0 Å². The van der Waals surface area contributed by atoms with Crippen LogP contribution >= 0.6 is 0 Å². The lowest BCUT2D eigenvalue weighted by Gasteiger charge is -2.30. The number of nitrogens with zero attached hydrogens (tertiary/aromatic N) is 2. The molecular weight excluding hydrogens is 273 g/mol. The van der Waals surface area contributed by atoms with Crippen LogP contribution < -0.4 is 0 Å². The smallest absolute Gasteiger partial charge is 0.347 e. The third-order valence-corrected chi connectivity index (χ3v) is 3.75. The molecule has 1 aliphatic carbocycles. The quantitative estimate of drug-likeness (QED) is 0.797. The molecule has 0 unspecified atom stereocenters. The minimum Gasteiger partial charge on any atom is -0.347 e. The van der Waals surface area contributed by atoms with E-state index in [4.69, 9.17) is 9.47 Å². The molecule has 0 radical (unpaired) electrons. The Labute approximate surface area is 114 Å². The van der Waals surface area contributed by atoms with Gasteiger partial charge >= 0.3 is 6.18 Å². The molecule has 0 aromatic carbocycles. The van der Waals surface area contributed by atoms with E-state index in [1.807, 2.05) is 6.08 Å². The number of halogens is 3. The highest BCUT2D eigenvalue weighted by molar-refractivity contribution is 5.64. The Hall–Kier alpha value is -1.34. The van der Waals surface area contributed by atoms with Crippen LogP contribution in [0.2, 0.25) is 0 Å². The average Bonchev–Trinajstić information content (AvgIpc) is 2.98. The molecule has 0 bridgehead atoms. The van der Waals surface area contributed by atoms with E-state index in [1.165, 1.54) is 11.7 Å². The van der Waals surface area contributed by atoms with Crippen LogP contribution in [0.15, 0.2) is 12.1 Å². The van der Waals surface area contributed by atoms with Gasteiger partial charge < -0.3 is 9.47 Å². The summed E-state index contributed by atoms with van der Waals surface area (Å²) in [5.74, 6) is -0.561. The van der Waals surface area contributed by atoms with Crippen molar-refractivity contribution >= 4 is 5.57 Å². The molecule has 20 heavy (non-hydrogen) atoms. The molecule has 1 spiro atoms. The van der Waals surface area contributed by atoms with Gasteiger partial charge in [0.1, 0.15) is 0 Å². The summed E-state index contributed by atoms with van der Waals surface area (Å²) in [7, 11) is 1.53. The summed E-state index contributed by atoms with van der Waals surface area (Å²) >= 11 is 0. The maximum atomic E-state index is 12.7. The van der Waals surface area contributed by atoms with Crippen molar-refractivity contribution in [3.63, 3.8) is 0 Å². The van der Waals surface area contributed by atoms with E-state index in [0.717, 1.165) is 11.6 Å². The minimum atomic E-state index is -4.41. The van der Waals surface area contributed by atoms with Crippen molar-refractivity contribution in [3.05, 3.63) is 23.5 Å². The molecule has 2 aliphatic rings. The second kappa shape index (κ2) is 4.60. The maximum Gasteiger partial charge on any atom is 0.435 e. The van der Waals surface area contributed by atoms with Gasteiger partial charge in [-0.15, -0.1) is 0 Å². The van der Waals surface area contributed by atoms with E-state index < -0.39 is 17.7 Å². The molecule has 0 N–H and O–H groups in total. The predicted octanol–water partition coefficient (Wildman–Crippen LogP) is 2.75. The zero-order chi connectivity index (χ0) is 14.4. The summed E-state index contributed by atoms with van der Waals surface area (Å²) in [6.45, 7) is 1.15. The molecular formula is C13H15F3N2O2. The van der Waals surface area contributed by atoms with Crippen molar-refractivity contribution in [2.45, 2.75) is 31.2 Å². The second-order valence-electron chi connectivity index (χ2n) is 5.08. The van der Waals surface area contributed by atoms with Crippen LogP contribution in [-0.2, 0) is 22.7 Å². The summed E-state index contributed by atoms with van der Waals surface area (Å²) in [4.78, 5) is 0. The van der Waals surface area contributed by atoms with Crippen molar-refractivity contribution in [2.24, 2.45) is 7.05 Å². The molecule has 1 saturated heterocycles. The monoisotopic (exact) mass is 288 g/mol. The molecule has 1 aliphatic heterocycles. The SMILES string of the molecule is Cn1nc(C(F)(F)F)cc1C1=CCC2(CC1)OCCO2. The molecule has 110 valence electrons. The molecule has 0 saturated carbocycles. The molecule has 1 aromatic heterocycles. The number of rotatable bonds is 1. The average molecular weight is 288 g/mol. The van der Waals surface area contributed by atoms with E-state index in [1.54, 1.807) is 0 Å². The fourth-order valence-corrected chi connectivity index (χ4v) is 2.71. The van der Waals surface area contributed by atoms with Crippen molar-refractivity contribution in [1.82, 2.24) is 9.78 Å². The molecule has 7 heteroatoms. The first-order chi connectivity index (χ1) is 9.40. The topological polar surface area (TPSA) is 36.3 Å². The first kappa shape index (κ1) is 13.6. The lowest BCUT2D eigenvalue weighted by Crippen LogP contribution is -2.31. The van der Waals surface area contributed by atoms with E-state index in [2.05, 4.69) is 5.10 Å². The van der Waals surface area contributed by atoms with Gasteiger partial charge in [-0.25, -0.2) is 0 Å². The third kappa shape index (κ3) is 2.35. The highest BCUT2D eigenvalue weighted by Crippen LogP contribution is 2.39. The Morgan fingerprint density at radius 3 is 2.50 bits per heavy atom. The summed E-state index contributed by atoms with van der Waals surface area (Å²) < 4.78 is 50.4. The first-order valence-corrected chi connectivity index (χ1v) is 6.48. The number of aromatic nitrogens is 2. The van der Waals surface area contributed by atoms with Gasteiger partial charge in [-0.2, -0.15) is 18.3 Å². The molecule has 1 fully saturated rings. The largest absolute Gasteiger partial charge is 0.435 e. The van der Waals surface area contributed by atoms with Crippen LogP contribution in [0.4, 0.5) is 13.2 Å². The molecule has 3 rings (SSSR count). The molecule has 0 atom stereocenters. The van der Waals surface area contributed by atoms with Gasteiger partial charge in [-0.05, 0) is 18.1 Å². The van der Waals surface area contributed by atoms with Gasteiger partial charge in [-0.3, -0.25) is 4.68 Å². The summed E-state index contributed by atoms with van der Waals surface area (Å²) in [5.41, 5.74) is 0.509. The fraction of sp³-hybridized carbons (Fsp3) is 0.615. The first-order valence-electron chi connectivity index (χ1n) is 6.48. The third-order valence-electron chi connectivity index (χ3n) is 3.75. The lowest BCUT2D eigenvalue weighted by molar-refractivity contribution is -0.159.